The summed E-state index contributed by atoms with van der Waals surface area (Å²) in [6, 6.07) is 10.6. The van der Waals surface area contributed by atoms with Gasteiger partial charge in [0.05, 0.1) is 18.9 Å². The Hall–Kier alpha value is -2.02. The summed E-state index contributed by atoms with van der Waals surface area (Å²) in [6.07, 6.45) is 4.75. The first-order chi connectivity index (χ1) is 12.5. The Labute approximate surface area is 176 Å². The van der Waals surface area contributed by atoms with E-state index in [0.717, 1.165) is 24.0 Å². The number of hydrogen-bond donors (Lipinski definition) is 1. The van der Waals surface area contributed by atoms with Crippen molar-refractivity contribution in [3.8, 4) is 5.75 Å². The van der Waals surface area contributed by atoms with Crippen LogP contribution in [0.15, 0.2) is 54.2 Å². The zero-order valence-corrected chi connectivity index (χ0v) is 17.5. The molecule has 0 aliphatic heterocycles. The standard InChI is InChI=1S/C17H12I2N4O3/c18-14-5-12(7-22-23-9-20-21-10-23)6-15(19)16(14)26-8-11-1-3-13(4-2-11)17(24)25/h1-7,9-10H,8H2,(H,24,25)/b22-7-. The van der Waals surface area contributed by atoms with Crippen LogP contribution >= 0.6 is 45.2 Å². The summed E-state index contributed by atoms with van der Waals surface area (Å²) in [4.78, 5) is 10.9. The topological polar surface area (TPSA) is 89.6 Å². The minimum Gasteiger partial charge on any atom is -0.487 e. The Morgan fingerprint density at radius 3 is 2.35 bits per heavy atom. The molecule has 9 heteroatoms. The van der Waals surface area contributed by atoms with Crippen molar-refractivity contribution in [2.45, 2.75) is 6.61 Å². The van der Waals surface area contributed by atoms with Crippen molar-refractivity contribution in [3.63, 3.8) is 0 Å². The summed E-state index contributed by atoms with van der Waals surface area (Å²) in [7, 11) is 0. The lowest BCUT2D eigenvalue weighted by molar-refractivity contribution is 0.0697. The molecule has 0 saturated heterocycles. The maximum atomic E-state index is 10.9. The highest BCUT2D eigenvalue weighted by Crippen LogP contribution is 2.29. The number of nitrogens with zero attached hydrogens (tertiary/aromatic N) is 4. The van der Waals surface area contributed by atoms with Gasteiger partial charge in [0.25, 0.3) is 0 Å². The number of aromatic carboxylic acids is 1. The number of benzene rings is 2. The lowest BCUT2D eigenvalue weighted by atomic mass is 10.1. The van der Waals surface area contributed by atoms with E-state index >= 15 is 0 Å². The molecule has 3 aromatic rings. The normalized spacial score (nSPS) is 11.0. The maximum Gasteiger partial charge on any atom is 0.335 e. The Bertz CT molecular complexity index is 918. The van der Waals surface area contributed by atoms with Crippen molar-refractivity contribution in [1.82, 2.24) is 14.9 Å². The third-order valence-corrected chi connectivity index (χ3v) is 4.95. The van der Waals surface area contributed by atoms with Gasteiger partial charge in [-0.1, -0.05) is 12.1 Å². The van der Waals surface area contributed by atoms with Crippen LogP contribution in [-0.2, 0) is 6.61 Å². The monoisotopic (exact) mass is 574 g/mol. The van der Waals surface area contributed by atoms with Crippen molar-refractivity contribution in [3.05, 3.63) is 72.9 Å². The van der Waals surface area contributed by atoms with Crippen LogP contribution in [0.2, 0.25) is 0 Å². The predicted molar refractivity (Wildman–Crippen MR) is 113 cm³/mol. The van der Waals surface area contributed by atoms with E-state index in [1.54, 1.807) is 30.5 Å². The van der Waals surface area contributed by atoms with E-state index in [0.29, 0.717) is 6.61 Å². The van der Waals surface area contributed by atoms with Gasteiger partial charge in [0.15, 0.2) is 0 Å². The molecule has 0 bridgehead atoms. The van der Waals surface area contributed by atoms with Gasteiger partial charge in [0, 0.05) is 0 Å². The first kappa shape index (κ1) is 18.8. The van der Waals surface area contributed by atoms with Crippen LogP contribution in [0, 0.1) is 7.14 Å². The van der Waals surface area contributed by atoms with Gasteiger partial charge in [-0.3, -0.25) is 0 Å². The van der Waals surface area contributed by atoms with Crippen molar-refractivity contribution in [2.75, 3.05) is 0 Å². The molecule has 1 aromatic heterocycles. The van der Waals surface area contributed by atoms with Crippen molar-refractivity contribution < 1.29 is 14.6 Å². The summed E-state index contributed by atoms with van der Waals surface area (Å²) in [5.41, 5.74) is 2.10. The van der Waals surface area contributed by atoms with Crippen molar-refractivity contribution in [1.29, 1.82) is 0 Å². The zero-order chi connectivity index (χ0) is 18.5. The molecule has 1 N–H and O–H groups in total. The quantitative estimate of drug-likeness (QED) is 0.359. The summed E-state index contributed by atoms with van der Waals surface area (Å²) < 4.78 is 9.37. The molecular formula is C17H12I2N4O3. The van der Waals surface area contributed by atoms with Gasteiger partial charge >= 0.3 is 5.97 Å². The van der Waals surface area contributed by atoms with E-state index in [9.17, 15) is 4.79 Å². The highest BCUT2D eigenvalue weighted by Gasteiger charge is 2.09. The molecule has 132 valence electrons. The molecule has 0 aliphatic rings. The molecule has 0 atom stereocenters. The molecular weight excluding hydrogens is 562 g/mol. The van der Waals surface area contributed by atoms with Gasteiger partial charge in [0.2, 0.25) is 0 Å². The molecule has 0 unspecified atom stereocenters. The van der Waals surface area contributed by atoms with E-state index in [1.165, 1.54) is 17.3 Å². The second-order valence-electron chi connectivity index (χ2n) is 5.19. The van der Waals surface area contributed by atoms with E-state index in [2.05, 4.69) is 60.5 Å². The molecule has 0 amide bonds. The molecule has 0 fully saturated rings. The van der Waals surface area contributed by atoms with Crippen molar-refractivity contribution in [2.24, 2.45) is 5.10 Å². The van der Waals surface area contributed by atoms with Gasteiger partial charge in [-0.05, 0) is 80.6 Å². The number of rotatable bonds is 6. The smallest absolute Gasteiger partial charge is 0.335 e. The number of carbonyl (C=O) groups is 1. The van der Waals surface area contributed by atoms with E-state index in [1.807, 2.05) is 12.1 Å². The number of aromatic nitrogens is 3. The molecule has 0 spiro atoms. The first-order valence-electron chi connectivity index (χ1n) is 7.36. The molecule has 2 aromatic carbocycles. The highest BCUT2D eigenvalue weighted by atomic mass is 127. The van der Waals surface area contributed by atoms with Gasteiger partial charge in [-0.25, -0.2) is 9.47 Å². The molecule has 7 nitrogen and oxygen atoms in total. The molecule has 0 radical (unpaired) electrons. The third kappa shape index (κ3) is 4.78. The van der Waals surface area contributed by atoms with Gasteiger partial charge < -0.3 is 9.84 Å². The first-order valence-corrected chi connectivity index (χ1v) is 9.52. The van der Waals surface area contributed by atoms with E-state index < -0.39 is 5.97 Å². The maximum absolute atomic E-state index is 10.9. The fourth-order valence-electron chi connectivity index (χ4n) is 2.08. The Balaban J connectivity index is 1.71. The summed E-state index contributed by atoms with van der Waals surface area (Å²) >= 11 is 4.44. The molecule has 3 rings (SSSR count). The average molecular weight is 574 g/mol. The second kappa shape index (κ2) is 8.58. The zero-order valence-electron chi connectivity index (χ0n) is 13.2. The number of hydrogen-bond acceptors (Lipinski definition) is 5. The highest BCUT2D eigenvalue weighted by molar-refractivity contribution is 14.1. The largest absolute Gasteiger partial charge is 0.487 e. The van der Waals surface area contributed by atoms with Crippen LogP contribution in [-0.4, -0.2) is 32.2 Å². The van der Waals surface area contributed by atoms with Gasteiger partial charge in [-0.15, -0.1) is 10.2 Å². The second-order valence-corrected chi connectivity index (χ2v) is 7.52. The molecule has 26 heavy (non-hydrogen) atoms. The number of halogens is 2. The molecule has 0 aliphatic carbocycles. The molecule has 0 saturated carbocycles. The van der Waals surface area contributed by atoms with Crippen molar-refractivity contribution >= 4 is 57.4 Å². The summed E-state index contributed by atoms with van der Waals surface area (Å²) in [5.74, 6) is -0.153. The average Bonchev–Trinajstić information content (AvgIpc) is 3.13. The van der Waals surface area contributed by atoms with E-state index in [-0.39, 0.29) is 5.56 Å². The Morgan fingerprint density at radius 1 is 1.15 bits per heavy atom. The molecule has 1 heterocycles. The lowest BCUT2D eigenvalue weighted by Gasteiger charge is -2.11. The van der Waals surface area contributed by atoms with Crippen LogP contribution < -0.4 is 4.74 Å². The van der Waals surface area contributed by atoms with Crippen LogP contribution in [0.3, 0.4) is 0 Å². The van der Waals surface area contributed by atoms with Crippen LogP contribution in [0.1, 0.15) is 21.5 Å². The predicted octanol–water partition coefficient (Wildman–Crippen LogP) is 3.65. The Morgan fingerprint density at radius 2 is 1.77 bits per heavy atom. The van der Waals surface area contributed by atoms with Crippen LogP contribution in [0.4, 0.5) is 0 Å². The SMILES string of the molecule is O=C(O)c1ccc(COc2c(I)cc(/C=N\n3cnnc3)cc2I)cc1. The number of carboxylic acids is 1. The fourth-order valence-corrected chi connectivity index (χ4v) is 4.21. The summed E-state index contributed by atoms with van der Waals surface area (Å²) in [5, 5.41) is 20.6. The lowest BCUT2D eigenvalue weighted by Crippen LogP contribution is -2.01. The van der Waals surface area contributed by atoms with Crippen LogP contribution in [0.25, 0.3) is 0 Å². The third-order valence-electron chi connectivity index (χ3n) is 3.35. The Kier molecular flexibility index (Phi) is 6.19. The minimum atomic E-state index is -0.940. The van der Waals surface area contributed by atoms with Crippen LogP contribution in [0.5, 0.6) is 5.75 Å². The van der Waals surface area contributed by atoms with E-state index in [4.69, 9.17) is 9.84 Å². The van der Waals surface area contributed by atoms with Gasteiger partial charge in [-0.2, -0.15) is 5.10 Å². The minimum absolute atomic E-state index is 0.259. The number of ether oxygens (including phenoxy) is 1. The van der Waals surface area contributed by atoms with Gasteiger partial charge in [0.1, 0.15) is 25.0 Å². The number of carboxylic acid groups (broad SMARTS) is 1. The fraction of sp³-hybridized carbons (Fsp3) is 0.0588. The summed E-state index contributed by atoms with van der Waals surface area (Å²) in [6.45, 7) is 0.361.